The lowest BCUT2D eigenvalue weighted by molar-refractivity contribution is 0.579. The molecule has 3 heterocycles. The summed E-state index contributed by atoms with van der Waals surface area (Å²) in [6.07, 6.45) is 0.295. The van der Waals surface area contributed by atoms with Gasteiger partial charge in [0.05, 0.1) is 11.4 Å². The third-order valence-electron chi connectivity index (χ3n) is 4.12. The van der Waals surface area contributed by atoms with Crippen LogP contribution in [0.1, 0.15) is 10.7 Å². The van der Waals surface area contributed by atoms with Gasteiger partial charge in [0.2, 0.25) is 10.0 Å². The van der Waals surface area contributed by atoms with Crippen LogP contribution in [0.25, 0.3) is 5.65 Å². The number of rotatable bonds is 8. The quantitative estimate of drug-likeness (QED) is 0.444. The van der Waals surface area contributed by atoms with Crippen LogP contribution in [0.4, 0.5) is 10.2 Å². The highest BCUT2D eigenvalue weighted by Crippen LogP contribution is 2.13. The molecule has 11 heteroatoms. The number of halogens is 1. The molecule has 0 radical (unpaired) electrons. The summed E-state index contributed by atoms with van der Waals surface area (Å²) in [4.78, 5) is 1.19. The lowest BCUT2D eigenvalue weighted by Crippen LogP contribution is -2.26. The maximum Gasteiger partial charge on any atom is 0.240 e. The van der Waals surface area contributed by atoms with Crippen LogP contribution in [0.2, 0.25) is 0 Å². The van der Waals surface area contributed by atoms with Crippen molar-refractivity contribution in [1.82, 2.24) is 24.5 Å². The van der Waals surface area contributed by atoms with Crippen LogP contribution in [0.3, 0.4) is 0 Å². The van der Waals surface area contributed by atoms with Gasteiger partial charge in [0.15, 0.2) is 11.5 Å². The van der Waals surface area contributed by atoms with Gasteiger partial charge >= 0.3 is 0 Å². The Morgan fingerprint density at radius 2 is 1.90 bits per heavy atom. The van der Waals surface area contributed by atoms with E-state index >= 15 is 0 Å². The molecule has 150 valence electrons. The molecule has 1 aromatic carbocycles. The molecule has 0 bridgehead atoms. The summed E-state index contributed by atoms with van der Waals surface area (Å²) in [5, 5.41) is 17.9. The van der Waals surface area contributed by atoms with Crippen LogP contribution in [0.5, 0.6) is 0 Å². The number of nitrogens with zero attached hydrogens (tertiary/aromatic N) is 4. The molecule has 0 atom stereocenters. The summed E-state index contributed by atoms with van der Waals surface area (Å²) in [5.74, 6) is 0.703. The number of thiophene rings is 1. The van der Waals surface area contributed by atoms with Gasteiger partial charge in [-0.2, -0.15) is 4.52 Å². The van der Waals surface area contributed by atoms with E-state index in [2.05, 4.69) is 25.3 Å². The van der Waals surface area contributed by atoms with E-state index < -0.39 is 15.8 Å². The molecule has 4 rings (SSSR count). The van der Waals surface area contributed by atoms with Crippen molar-refractivity contribution in [3.05, 3.63) is 70.4 Å². The van der Waals surface area contributed by atoms with Gasteiger partial charge in [0, 0.05) is 17.8 Å². The summed E-state index contributed by atoms with van der Waals surface area (Å²) in [5.41, 5.74) is 0.572. The number of anilines is 1. The molecular formula is C18H17FN6O2S2. The van der Waals surface area contributed by atoms with Gasteiger partial charge in [-0.1, -0.05) is 6.07 Å². The summed E-state index contributed by atoms with van der Waals surface area (Å²) in [7, 11) is -3.73. The minimum Gasteiger partial charge on any atom is -0.364 e. The lowest BCUT2D eigenvalue weighted by atomic mass is 10.4. The monoisotopic (exact) mass is 432 g/mol. The molecular weight excluding hydrogens is 415 g/mol. The van der Waals surface area contributed by atoms with E-state index in [1.54, 1.807) is 21.9 Å². The van der Waals surface area contributed by atoms with Gasteiger partial charge in [-0.15, -0.1) is 26.6 Å². The van der Waals surface area contributed by atoms with E-state index in [0.29, 0.717) is 30.3 Å². The smallest absolute Gasteiger partial charge is 0.240 e. The SMILES string of the molecule is O=S(=O)(NCCc1nnc2ccc(NCc3cccs3)nn12)c1ccc(F)cc1. The van der Waals surface area contributed by atoms with Crippen LogP contribution in [0.15, 0.2) is 58.8 Å². The van der Waals surface area contributed by atoms with Crippen molar-refractivity contribution < 1.29 is 12.8 Å². The van der Waals surface area contributed by atoms with Crippen molar-refractivity contribution >= 4 is 32.8 Å². The van der Waals surface area contributed by atoms with Crippen molar-refractivity contribution in [3.8, 4) is 0 Å². The average molecular weight is 433 g/mol. The Morgan fingerprint density at radius 3 is 2.66 bits per heavy atom. The van der Waals surface area contributed by atoms with Crippen LogP contribution in [-0.4, -0.2) is 34.8 Å². The number of sulfonamides is 1. The molecule has 0 saturated heterocycles. The average Bonchev–Trinajstić information content (AvgIpc) is 3.36. The zero-order chi connectivity index (χ0) is 20.3. The molecule has 29 heavy (non-hydrogen) atoms. The number of hydrogen-bond acceptors (Lipinski definition) is 7. The summed E-state index contributed by atoms with van der Waals surface area (Å²) >= 11 is 1.66. The topological polar surface area (TPSA) is 101 Å². The Balaban J connectivity index is 1.42. The highest BCUT2D eigenvalue weighted by Gasteiger charge is 2.15. The van der Waals surface area contributed by atoms with Gasteiger partial charge in [-0.3, -0.25) is 0 Å². The molecule has 0 aliphatic heterocycles. The second kappa shape index (κ2) is 8.23. The molecule has 0 saturated carbocycles. The molecule has 0 aliphatic rings. The zero-order valence-corrected chi connectivity index (χ0v) is 16.8. The fourth-order valence-corrected chi connectivity index (χ4v) is 4.35. The fourth-order valence-electron chi connectivity index (χ4n) is 2.67. The van der Waals surface area contributed by atoms with Crippen molar-refractivity contribution in [2.45, 2.75) is 17.9 Å². The Labute approximate surface area is 170 Å². The van der Waals surface area contributed by atoms with Gasteiger partial charge in [-0.25, -0.2) is 17.5 Å². The number of nitrogens with one attached hydrogen (secondary N) is 2. The summed E-state index contributed by atoms with van der Waals surface area (Å²) in [6.45, 7) is 0.764. The molecule has 0 aliphatic carbocycles. The first-order valence-corrected chi connectivity index (χ1v) is 11.1. The number of hydrogen-bond donors (Lipinski definition) is 2. The van der Waals surface area contributed by atoms with Gasteiger partial charge in [-0.05, 0) is 47.8 Å². The first kappa shape index (κ1) is 19.4. The van der Waals surface area contributed by atoms with E-state index in [1.165, 1.54) is 17.0 Å². The Bertz CT molecular complexity index is 1210. The normalized spacial score (nSPS) is 11.8. The van der Waals surface area contributed by atoms with Crippen LogP contribution in [0, 0.1) is 5.82 Å². The van der Waals surface area contributed by atoms with E-state index in [9.17, 15) is 12.8 Å². The predicted octanol–water partition coefficient (Wildman–Crippen LogP) is 2.46. The molecule has 0 unspecified atom stereocenters. The molecule has 4 aromatic rings. The van der Waals surface area contributed by atoms with E-state index in [4.69, 9.17) is 0 Å². The summed E-state index contributed by atoms with van der Waals surface area (Å²) < 4.78 is 41.6. The second-order valence-corrected chi connectivity index (χ2v) is 8.94. The van der Waals surface area contributed by atoms with Gasteiger partial charge < -0.3 is 5.32 Å². The minimum atomic E-state index is -3.73. The predicted molar refractivity (Wildman–Crippen MR) is 108 cm³/mol. The molecule has 0 spiro atoms. The lowest BCUT2D eigenvalue weighted by Gasteiger charge is -2.07. The van der Waals surface area contributed by atoms with Gasteiger partial charge in [0.1, 0.15) is 11.6 Å². The molecule has 0 amide bonds. The first-order valence-electron chi connectivity index (χ1n) is 8.74. The third-order valence-corrected chi connectivity index (χ3v) is 6.47. The van der Waals surface area contributed by atoms with Gasteiger partial charge in [0.25, 0.3) is 0 Å². The first-order chi connectivity index (χ1) is 14.0. The molecule has 2 N–H and O–H groups in total. The third kappa shape index (κ3) is 4.58. The van der Waals surface area contributed by atoms with Crippen LogP contribution in [-0.2, 0) is 23.0 Å². The Hall–Kier alpha value is -2.89. The van der Waals surface area contributed by atoms with Crippen molar-refractivity contribution in [1.29, 1.82) is 0 Å². The molecule has 0 fully saturated rings. The number of fused-ring (bicyclic) bond motifs is 1. The highest BCUT2D eigenvalue weighted by molar-refractivity contribution is 7.89. The highest BCUT2D eigenvalue weighted by atomic mass is 32.2. The fraction of sp³-hybridized carbons (Fsp3) is 0.167. The van der Waals surface area contributed by atoms with Crippen LogP contribution >= 0.6 is 11.3 Å². The van der Waals surface area contributed by atoms with Crippen molar-refractivity contribution in [2.24, 2.45) is 0 Å². The second-order valence-electron chi connectivity index (χ2n) is 6.14. The maximum absolute atomic E-state index is 13.0. The zero-order valence-electron chi connectivity index (χ0n) is 15.1. The van der Waals surface area contributed by atoms with Crippen LogP contribution < -0.4 is 10.0 Å². The van der Waals surface area contributed by atoms with Crippen molar-refractivity contribution in [3.63, 3.8) is 0 Å². The van der Waals surface area contributed by atoms with E-state index in [1.807, 2.05) is 23.6 Å². The standard InChI is InChI=1S/C18H17FN6O2S2/c19-13-3-5-15(6-4-13)29(26,27)21-10-9-18-23-22-17-8-7-16(24-25(17)18)20-12-14-2-1-11-28-14/h1-8,11,21H,9-10,12H2,(H,20,24). The number of aromatic nitrogens is 4. The maximum atomic E-state index is 13.0. The van der Waals surface area contributed by atoms with E-state index in [0.717, 1.165) is 12.1 Å². The van der Waals surface area contributed by atoms with Crippen molar-refractivity contribution in [2.75, 3.05) is 11.9 Å². The Kier molecular flexibility index (Phi) is 5.51. The largest absolute Gasteiger partial charge is 0.364 e. The molecule has 8 nitrogen and oxygen atoms in total. The van der Waals surface area contributed by atoms with E-state index in [-0.39, 0.29) is 11.4 Å². The minimum absolute atomic E-state index is 0.00295. The summed E-state index contributed by atoms with van der Waals surface area (Å²) in [6, 6.07) is 12.3. The Morgan fingerprint density at radius 1 is 1.07 bits per heavy atom. The number of benzene rings is 1. The molecule has 3 aromatic heterocycles.